The molecular formula is C18H15F3N2O. The topological polar surface area (TPSA) is 52.9 Å². The van der Waals surface area contributed by atoms with Gasteiger partial charge >= 0.3 is 6.18 Å². The molecule has 6 heteroatoms. The third-order valence-corrected chi connectivity index (χ3v) is 3.56. The number of carbonyl (C=O) groups is 1. The summed E-state index contributed by atoms with van der Waals surface area (Å²) in [6, 6.07) is 11.8. The first-order valence-corrected chi connectivity index (χ1v) is 7.26. The summed E-state index contributed by atoms with van der Waals surface area (Å²) in [4.78, 5) is 11.4. The summed E-state index contributed by atoms with van der Waals surface area (Å²) in [7, 11) is 0. The van der Waals surface area contributed by atoms with Gasteiger partial charge in [0.1, 0.15) is 6.07 Å². The molecule has 0 amide bonds. The maximum atomic E-state index is 12.5. The van der Waals surface area contributed by atoms with Crippen molar-refractivity contribution in [1.82, 2.24) is 0 Å². The molecule has 3 nitrogen and oxygen atoms in total. The highest BCUT2D eigenvalue weighted by Crippen LogP contribution is 2.29. The Morgan fingerprint density at radius 3 is 2.38 bits per heavy atom. The Labute approximate surface area is 137 Å². The zero-order chi connectivity index (χ0) is 17.7. The molecule has 2 aromatic carbocycles. The molecular weight excluding hydrogens is 317 g/mol. The van der Waals surface area contributed by atoms with Crippen molar-refractivity contribution in [3.05, 3.63) is 64.7 Å². The summed E-state index contributed by atoms with van der Waals surface area (Å²) in [5.41, 5.74) is 1.51. The largest absolute Gasteiger partial charge is 0.416 e. The van der Waals surface area contributed by atoms with E-state index in [-0.39, 0.29) is 5.78 Å². The van der Waals surface area contributed by atoms with Gasteiger partial charge in [-0.2, -0.15) is 18.4 Å². The number of alkyl halides is 3. The van der Waals surface area contributed by atoms with Crippen LogP contribution in [0.1, 0.15) is 34.0 Å². The minimum absolute atomic E-state index is 0.106. The molecule has 0 saturated heterocycles. The molecule has 0 fully saturated rings. The second-order valence-electron chi connectivity index (χ2n) is 5.30. The van der Waals surface area contributed by atoms with Gasteiger partial charge in [0.05, 0.1) is 16.8 Å². The second kappa shape index (κ2) is 7.18. The summed E-state index contributed by atoms with van der Waals surface area (Å²) in [6.07, 6.45) is -3.85. The first-order valence-electron chi connectivity index (χ1n) is 7.26. The van der Waals surface area contributed by atoms with Gasteiger partial charge in [-0.3, -0.25) is 4.79 Å². The lowest BCUT2D eigenvalue weighted by Crippen LogP contribution is -2.08. The number of benzene rings is 2. The van der Waals surface area contributed by atoms with Crippen molar-refractivity contribution in [3.8, 4) is 6.07 Å². The van der Waals surface area contributed by atoms with Crippen molar-refractivity contribution in [2.45, 2.75) is 19.5 Å². The van der Waals surface area contributed by atoms with Gasteiger partial charge in [0.2, 0.25) is 0 Å². The van der Waals surface area contributed by atoms with Gasteiger partial charge in [0.15, 0.2) is 5.78 Å². The maximum Gasteiger partial charge on any atom is 0.416 e. The van der Waals surface area contributed by atoms with E-state index in [4.69, 9.17) is 5.26 Å². The molecule has 0 unspecified atom stereocenters. The lowest BCUT2D eigenvalue weighted by molar-refractivity contribution is -0.137. The van der Waals surface area contributed by atoms with E-state index >= 15 is 0 Å². The summed E-state index contributed by atoms with van der Waals surface area (Å²) in [5, 5.41) is 12.1. The molecule has 0 bridgehead atoms. The van der Waals surface area contributed by atoms with Crippen LogP contribution in [-0.2, 0) is 12.6 Å². The maximum absolute atomic E-state index is 12.5. The van der Waals surface area contributed by atoms with Crippen LogP contribution in [0.2, 0.25) is 0 Å². The van der Waals surface area contributed by atoms with Crippen LogP contribution in [0.15, 0.2) is 42.5 Å². The fourth-order valence-corrected chi connectivity index (χ4v) is 2.21. The Morgan fingerprint density at radius 2 is 1.83 bits per heavy atom. The molecule has 124 valence electrons. The summed E-state index contributed by atoms with van der Waals surface area (Å²) in [5.74, 6) is -0.106. The first-order chi connectivity index (χ1) is 11.3. The Kier molecular flexibility index (Phi) is 5.24. The minimum atomic E-state index is -4.34. The van der Waals surface area contributed by atoms with E-state index in [0.29, 0.717) is 29.8 Å². The molecule has 2 aromatic rings. The van der Waals surface area contributed by atoms with E-state index in [1.165, 1.54) is 19.1 Å². The number of anilines is 1. The van der Waals surface area contributed by atoms with Gasteiger partial charge < -0.3 is 5.32 Å². The number of Topliss-reactive ketones (excluding diaryl/α,β-unsaturated/α-hetero) is 1. The monoisotopic (exact) mass is 332 g/mol. The average molecular weight is 332 g/mol. The van der Waals surface area contributed by atoms with Crippen LogP contribution in [-0.4, -0.2) is 12.3 Å². The van der Waals surface area contributed by atoms with E-state index in [1.807, 2.05) is 6.07 Å². The van der Waals surface area contributed by atoms with Gasteiger partial charge in [0.25, 0.3) is 0 Å². The number of carbonyl (C=O) groups excluding carboxylic acids is 1. The van der Waals surface area contributed by atoms with E-state index in [2.05, 4.69) is 5.32 Å². The van der Waals surface area contributed by atoms with Crippen LogP contribution in [0.25, 0.3) is 0 Å². The molecule has 0 heterocycles. The van der Waals surface area contributed by atoms with Crippen LogP contribution in [0.4, 0.5) is 18.9 Å². The number of hydrogen-bond donors (Lipinski definition) is 1. The smallest absolute Gasteiger partial charge is 0.384 e. The van der Waals surface area contributed by atoms with Crippen LogP contribution < -0.4 is 5.32 Å². The Bertz CT molecular complexity index is 774. The molecule has 0 atom stereocenters. The summed E-state index contributed by atoms with van der Waals surface area (Å²) in [6.45, 7) is 1.87. The van der Waals surface area contributed by atoms with Crippen LogP contribution in [0.5, 0.6) is 0 Å². The number of nitrogens with zero attached hydrogens (tertiary/aromatic N) is 1. The Hall–Kier alpha value is -2.81. The molecule has 1 N–H and O–H groups in total. The zero-order valence-corrected chi connectivity index (χ0v) is 12.9. The lowest BCUT2D eigenvalue weighted by atomic mass is 10.1. The number of nitrogens with one attached hydrogen (secondary N) is 1. The highest BCUT2D eigenvalue weighted by molar-refractivity contribution is 5.95. The zero-order valence-electron chi connectivity index (χ0n) is 12.9. The standard InChI is InChI=1S/C18H15F3N2O/c1-12(24)14-4-5-15(11-22)17(10-14)23-9-8-13-2-6-16(7-3-13)18(19,20)21/h2-7,10,23H,8-9H2,1H3. The highest BCUT2D eigenvalue weighted by Gasteiger charge is 2.29. The SMILES string of the molecule is CC(=O)c1ccc(C#N)c(NCCc2ccc(C(F)(F)F)cc2)c1. The van der Waals surface area contributed by atoms with Crippen molar-refractivity contribution >= 4 is 11.5 Å². The van der Waals surface area contributed by atoms with E-state index in [0.717, 1.165) is 17.7 Å². The molecule has 24 heavy (non-hydrogen) atoms. The van der Waals surface area contributed by atoms with E-state index in [9.17, 15) is 18.0 Å². The van der Waals surface area contributed by atoms with Crippen LogP contribution in [0.3, 0.4) is 0 Å². The molecule has 0 aromatic heterocycles. The molecule has 0 radical (unpaired) electrons. The van der Waals surface area contributed by atoms with Gasteiger partial charge in [0, 0.05) is 12.1 Å². The predicted molar refractivity (Wildman–Crippen MR) is 84.8 cm³/mol. The highest BCUT2D eigenvalue weighted by atomic mass is 19.4. The predicted octanol–water partition coefficient (Wildman–Crippen LogP) is 4.43. The van der Waals surface area contributed by atoms with Crippen LogP contribution in [0, 0.1) is 11.3 Å². The molecule has 0 aliphatic carbocycles. The van der Waals surface area contributed by atoms with Crippen molar-refractivity contribution in [2.24, 2.45) is 0 Å². The van der Waals surface area contributed by atoms with Crippen molar-refractivity contribution in [3.63, 3.8) is 0 Å². The fraction of sp³-hybridized carbons (Fsp3) is 0.222. The first kappa shape index (κ1) is 17.5. The molecule has 0 aliphatic heterocycles. The third-order valence-electron chi connectivity index (χ3n) is 3.56. The van der Waals surface area contributed by atoms with Gasteiger partial charge in [-0.1, -0.05) is 12.1 Å². The number of nitriles is 1. The number of rotatable bonds is 5. The molecule has 0 saturated carbocycles. The summed E-state index contributed by atoms with van der Waals surface area (Å²) < 4.78 is 37.5. The van der Waals surface area contributed by atoms with Crippen LogP contribution >= 0.6 is 0 Å². The minimum Gasteiger partial charge on any atom is -0.384 e. The van der Waals surface area contributed by atoms with Gasteiger partial charge in [-0.05, 0) is 49.2 Å². The van der Waals surface area contributed by atoms with Gasteiger partial charge in [-0.15, -0.1) is 0 Å². The second-order valence-corrected chi connectivity index (χ2v) is 5.30. The fourth-order valence-electron chi connectivity index (χ4n) is 2.21. The summed E-state index contributed by atoms with van der Waals surface area (Å²) >= 11 is 0. The molecule has 0 spiro atoms. The number of halogens is 3. The number of ketones is 1. The third kappa shape index (κ3) is 4.35. The Morgan fingerprint density at radius 1 is 1.17 bits per heavy atom. The van der Waals surface area contributed by atoms with E-state index in [1.54, 1.807) is 18.2 Å². The van der Waals surface area contributed by atoms with Crippen molar-refractivity contribution < 1.29 is 18.0 Å². The molecule has 0 aliphatic rings. The normalized spacial score (nSPS) is 11.0. The van der Waals surface area contributed by atoms with Crippen molar-refractivity contribution in [1.29, 1.82) is 5.26 Å². The van der Waals surface area contributed by atoms with Crippen molar-refractivity contribution in [2.75, 3.05) is 11.9 Å². The molecule has 2 rings (SSSR count). The Balaban J connectivity index is 2.03. The van der Waals surface area contributed by atoms with E-state index < -0.39 is 11.7 Å². The quantitative estimate of drug-likeness (QED) is 0.824. The lowest BCUT2D eigenvalue weighted by Gasteiger charge is -2.10. The average Bonchev–Trinajstić information content (AvgIpc) is 2.54. The number of hydrogen-bond acceptors (Lipinski definition) is 3. The van der Waals surface area contributed by atoms with Gasteiger partial charge in [-0.25, -0.2) is 0 Å².